The summed E-state index contributed by atoms with van der Waals surface area (Å²) >= 11 is 13.1. The van der Waals surface area contributed by atoms with Crippen molar-refractivity contribution in [2.45, 2.75) is 26.7 Å². The Balaban J connectivity index is 1.13. The second-order valence-corrected chi connectivity index (χ2v) is 13.8. The molecule has 0 amide bonds. The Labute approximate surface area is 343 Å². The first kappa shape index (κ1) is 39.0. The molecule has 0 N–H and O–H groups in total. The van der Waals surface area contributed by atoms with E-state index in [1.165, 1.54) is 24.5 Å². The van der Waals surface area contributed by atoms with E-state index in [-0.39, 0.29) is 58.4 Å². The van der Waals surface area contributed by atoms with Gasteiger partial charge in [0.2, 0.25) is 5.88 Å². The molecule has 284 valence electrons. The summed E-state index contributed by atoms with van der Waals surface area (Å²) in [7, 11) is 0. The number of nitrogens with zero attached hydrogens (tertiary/aromatic N) is 4. The molecule has 7 aromatic rings. The van der Waals surface area contributed by atoms with E-state index in [1.807, 2.05) is 55.5 Å². The third kappa shape index (κ3) is 8.59. The minimum absolute atomic E-state index is 0.107. The second kappa shape index (κ2) is 17.7. The van der Waals surface area contributed by atoms with Gasteiger partial charge < -0.3 is 18.9 Å². The zero-order valence-corrected chi connectivity index (χ0v) is 32.3. The van der Waals surface area contributed by atoms with Crippen LogP contribution in [0.2, 0.25) is 10.0 Å². The van der Waals surface area contributed by atoms with Gasteiger partial charge in [0, 0.05) is 17.7 Å². The van der Waals surface area contributed by atoms with Gasteiger partial charge in [0.25, 0.3) is 0 Å². The van der Waals surface area contributed by atoms with Crippen LogP contribution in [0.25, 0.3) is 22.0 Å². The van der Waals surface area contributed by atoms with Crippen molar-refractivity contribution in [2.24, 2.45) is 0 Å². The third-order valence-electron chi connectivity index (χ3n) is 9.24. The Morgan fingerprint density at radius 1 is 0.621 bits per heavy atom. The van der Waals surface area contributed by atoms with Crippen LogP contribution in [0, 0.1) is 29.6 Å². The lowest BCUT2D eigenvalue weighted by Gasteiger charge is -2.17. The standard InChI is InChI=1S/C46H30Cl2N4O6/c1-28-33(26-57-43-18-41(34(22-53)16-39(43)47)55-24-31-8-2-6-29(14-31)20-49)10-4-11-36(28)37-12-5-13-38-45(37)51-27-52-46(38)58-44-19-42(35(23-54)17-40(44)48)56-25-32-9-3-7-30(15-32)21-50/h2-19,22-23,27H,24-26H2,1H3. The molecule has 0 atom stereocenters. The first-order valence-corrected chi connectivity index (χ1v) is 18.5. The summed E-state index contributed by atoms with van der Waals surface area (Å²) in [5, 5.41) is 19.5. The normalized spacial score (nSPS) is 10.6. The van der Waals surface area contributed by atoms with E-state index in [9.17, 15) is 20.1 Å². The number of hydrogen-bond acceptors (Lipinski definition) is 10. The highest BCUT2D eigenvalue weighted by molar-refractivity contribution is 6.32. The molecule has 0 saturated carbocycles. The van der Waals surface area contributed by atoms with E-state index in [2.05, 4.69) is 22.1 Å². The Morgan fingerprint density at radius 3 is 1.79 bits per heavy atom. The molecule has 0 bridgehead atoms. The average Bonchev–Trinajstić information content (AvgIpc) is 3.25. The van der Waals surface area contributed by atoms with Crippen molar-refractivity contribution in [3.63, 3.8) is 0 Å². The Bertz CT molecular complexity index is 2800. The lowest BCUT2D eigenvalue weighted by molar-refractivity contribution is 0.111. The maximum atomic E-state index is 11.9. The first-order chi connectivity index (χ1) is 28.3. The number of para-hydroxylation sites is 1. The number of halogens is 2. The molecule has 58 heavy (non-hydrogen) atoms. The van der Waals surface area contributed by atoms with Gasteiger partial charge in [-0.2, -0.15) is 10.5 Å². The maximum absolute atomic E-state index is 11.9. The first-order valence-electron chi connectivity index (χ1n) is 17.7. The Kier molecular flexibility index (Phi) is 11.9. The Morgan fingerprint density at radius 2 is 1.17 bits per heavy atom. The van der Waals surface area contributed by atoms with Crippen LogP contribution in [0.1, 0.15) is 54.1 Å². The van der Waals surface area contributed by atoms with Gasteiger partial charge in [0.15, 0.2) is 18.3 Å². The molecule has 0 saturated heterocycles. The van der Waals surface area contributed by atoms with Crippen molar-refractivity contribution in [1.29, 1.82) is 10.5 Å². The smallest absolute Gasteiger partial charge is 0.230 e. The summed E-state index contributed by atoms with van der Waals surface area (Å²) in [6.45, 7) is 2.38. The molecule has 1 heterocycles. The van der Waals surface area contributed by atoms with Crippen molar-refractivity contribution in [3.8, 4) is 52.1 Å². The minimum atomic E-state index is 0.107. The molecule has 10 nitrogen and oxygen atoms in total. The molecular weight excluding hydrogens is 775 g/mol. The topological polar surface area (TPSA) is 144 Å². The highest BCUT2D eigenvalue weighted by atomic mass is 35.5. The fourth-order valence-electron chi connectivity index (χ4n) is 6.26. The molecule has 12 heteroatoms. The Hall–Kier alpha value is -7.24. The molecule has 0 aliphatic heterocycles. The predicted octanol–water partition coefficient (Wildman–Crippen LogP) is 10.8. The quantitative estimate of drug-likeness (QED) is 0.0974. The van der Waals surface area contributed by atoms with Crippen molar-refractivity contribution >= 4 is 46.7 Å². The van der Waals surface area contributed by atoms with Gasteiger partial charge in [-0.3, -0.25) is 9.59 Å². The average molecular weight is 806 g/mol. The number of ether oxygens (including phenoxy) is 4. The number of nitriles is 2. The molecule has 0 unspecified atom stereocenters. The van der Waals surface area contributed by atoms with E-state index in [1.54, 1.807) is 42.5 Å². The van der Waals surface area contributed by atoms with E-state index in [0.29, 0.717) is 46.1 Å². The summed E-state index contributed by atoms with van der Waals surface area (Å²) in [5.74, 6) is 1.33. The SMILES string of the molecule is Cc1c(COc2cc(OCc3cccc(C#N)c3)c(C=O)cc2Cl)cccc1-c1cccc2c(Oc3cc(OCc4cccc(C#N)c4)c(C=O)cc3Cl)ncnc12. The summed E-state index contributed by atoms with van der Waals surface area (Å²) in [5.41, 5.74) is 7.16. The van der Waals surface area contributed by atoms with E-state index in [0.717, 1.165) is 33.4 Å². The van der Waals surface area contributed by atoms with Crippen molar-refractivity contribution < 1.29 is 28.5 Å². The van der Waals surface area contributed by atoms with Gasteiger partial charge in [-0.15, -0.1) is 0 Å². The van der Waals surface area contributed by atoms with Gasteiger partial charge in [-0.05, 0) is 77.2 Å². The van der Waals surface area contributed by atoms with Gasteiger partial charge in [0.1, 0.15) is 43.4 Å². The second-order valence-electron chi connectivity index (χ2n) is 12.9. The summed E-state index contributed by atoms with van der Waals surface area (Å²) in [6, 6.07) is 35.8. The fourth-order valence-corrected chi connectivity index (χ4v) is 6.70. The van der Waals surface area contributed by atoms with Crippen LogP contribution in [-0.4, -0.2) is 22.5 Å². The molecule has 0 fully saturated rings. The van der Waals surface area contributed by atoms with Crippen LogP contribution in [0.3, 0.4) is 0 Å². The number of aldehydes is 2. The number of aromatic nitrogens is 2. The van der Waals surface area contributed by atoms with Crippen LogP contribution >= 0.6 is 23.2 Å². The zero-order chi connectivity index (χ0) is 40.6. The lowest BCUT2D eigenvalue weighted by Crippen LogP contribution is -2.03. The number of carbonyl (C=O) groups excluding carboxylic acids is 2. The highest BCUT2D eigenvalue weighted by Gasteiger charge is 2.18. The monoisotopic (exact) mass is 804 g/mol. The highest BCUT2D eigenvalue weighted by Crippen LogP contribution is 2.40. The van der Waals surface area contributed by atoms with Gasteiger partial charge in [0.05, 0.1) is 55.3 Å². The number of fused-ring (bicyclic) bond motifs is 1. The molecule has 0 spiro atoms. The number of rotatable bonds is 14. The van der Waals surface area contributed by atoms with Gasteiger partial charge in [-0.1, -0.05) is 77.8 Å². The van der Waals surface area contributed by atoms with Gasteiger partial charge >= 0.3 is 0 Å². The molecule has 6 aromatic carbocycles. The van der Waals surface area contributed by atoms with Crippen LogP contribution in [0.15, 0.2) is 116 Å². The lowest BCUT2D eigenvalue weighted by atomic mass is 9.95. The predicted molar refractivity (Wildman–Crippen MR) is 219 cm³/mol. The maximum Gasteiger partial charge on any atom is 0.230 e. The van der Waals surface area contributed by atoms with Crippen LogP contribution in [-0.2, 0) is 19.8 Å². The number of carbonyl (C=O) groups is 2. The molecule has 0 aliphatic rings. The molecule has 1 aromatic heterocycles. The molecule has 7 rings (SSSR count). The van der Waals surface area contributed by atoms with Crippen LogP contribution in [0.5, 0.6) is 28.9 Å². The minimum Gasteiger partial charge on any atom is -0.488 e. The molecule has 0 aliphatic carbocycles. The van der Waals surface area contributed by atoms with Crippen molar-refractivity contribution in [1.82, 2.24) is 9.97 Å². The summed E-state index contributed by atoms with van der Waals surface area (Å²) in [4.78, 5) is 32.9. The third-order valence-corrected chi connectivity index (χ3v) is 9.83. The van der Waals surface area contributed by atoms with E-state index >= 15 is 0 Å². The van der Waals surface area contributed by atoms with Crippen LogP contribution < -0.4 is 18.9 Å². The number of benzene rings is 6. The molecule has 0 radical (unpaired) electrons. The van der Waals surface area contributed by atoms with E-state index < -0.39 is 0 Å². The van der Waals surface area contributed by atoms with Crippen LogP contribution in [0.4, 0.5) is 0 Å². The number of hydrogen-bond donors (Lipinski definition) is 0. The van der Waals surface area contributed by atoms with Gasteiger partial charge in [-0.25, -0.2) is 9.97 Å². The van der Waals surface area contributed by atoms with Crippen molar-refractivity contribution in [3.05, 3.63) is 170 Å². The summed E-state index contributed by atoms with van der Waals surface area (Å²) in [6.07, 6.45) is 2.72. The molecular formula is C46H30Cl2N4O6. The zero-order valence-electron chi connectivity index (χ0n) is 30.7. The summed E-state index contributed by atoms with van der Waals surface area (Å²) < 4.78 is 24.4. The van der Waals surface area contributed by atoms with Crippen molar-refractivity contribution in [2.75, 3.05) is 0 Å². The fraction of sp³-hybridized carbons (Fsp3) is 0.0870. The van der Waals surface area contributed by atoms with E-state index in [4.69, 9.17) is 42.1 Å². The largest absolute Gasteiger partial charge is 0.488 e.